The van der Waals surface area contributed by atoms with E-state index in [-0.39, 0.29) is 19.8 Å². The Hall–Kier alpha value is -3.09. The number of benzene rings is 3. The van der Waals surface area contributed by atoms with Gasteiger partial charge in [0.05, 0.1) is 12.3 Å². The molecule has 0 heterocycles. The van der Waals surface area contributed by atoms with Gasteiger partial charge in [-0.05, 0) is 23.9 Å². The summed E-state index contributed by atoms with van der Waals surface area (Å²) in [5, 5.41) is 23.5. The summed E-state index contributed by atoms with van der Waals surface area (Å²) in [6.45, 7) is 3.83. The highest BCUT2D eigenvalue weighted by atomic mass is 16.6. The number of aliphatic hydroxyl groups is 2. The standard InChI is InChI=1S/C25H29NO5/c1-25(2,14-15-27)23(20-11-5-6-13-22(20)30-17-16-28)31-24(29)26-21-12-7-9-18-8-3-4-10-19(18)21/h3-13,23,27-28H,14-17H2,1-2H3,(H,26,29)/t23-/m1/s1. The van der Waals surface area contributed by atoms with E-state index in [1.54, 1.807) is 6.07 Å². The van der Waals surface area contributed by atoms with Crippen molar-refractivity contribution >= 4 is 22.6 Å². The van der Waals surface area contributed by atoms with Gasteiger partial charge in [0.2, 0.25) is 0 Å². The SMILES string of the molecule is CC(C)(CCO)[C@H](OC(=O)Nc1cccc2ccccc12)c1ccccc1OCCO. The van der Waals surface area contributed by atoms with Crippen molar-refractivity contribution in [3.63, 3.8) is 0 Å². The molecule has 0 spiro atoms. The van der Waals surface area contributed by atoms with Crippen LogP contribution in [0.3, 0.4) is 0 Å². The van der Waals surface area contributed by atoms with Crippen LogP contribution in [0, 0.1) is 5.41 Å². The lowest BCUT2D eigenvalue weighted by Gasteiger charge is -2.34. The van der Waals surface area contributed by atoms with E-state index in [2.05, 4.69) is 5.32 Å². The summed E-state index contributed by atoms with van der Waals surface area (Å²) in [6.07, 6.45) is -0.845. The molecule has 3 rings (SSSR count). The van der Waals surface area contributed by atoms with Crippen LogP contribution in [0.1, 0.15) is 31.9 Å². The predicted octanol–water partition coefficient (Wildman–Crippen LogP) is 4.91. The Morgan fingerprint density at radius 3 is 2.45 bits per heavy atom. The Bertz CT molecular complexity index is 1010. The molecule has 0 aliphatic rings. The van der Waals surface area contributed by atoms with Gasteiger partial charge in [0.1, 0.15) is 18.5 Å². The fourth-order valence-corrected chi connectivity index (χ4v) is 3.63. The van der Waals surface area contributed by atoms with E-state index in [1.165, 1.54) is 0 Å². The lowest BCUT2D eigenvalue weighted by Crippen LogP contribution is -2.30. The van der Waals surface area contributed by atoms with Gasteiger partial charge in [0, 0.05) is 23.0 Å². The molecule has 0 unspecified atom stereocenters. The number of anilines is 1. The van der Waals surface area contributed by atoms with Gasteiger partial charge in [-0.2, -0.15) is 0 Å². The van der Waals surface area contributed by atoms with Gasteiger partial charge in [0.15, 0.2) is 0 Å². The molecule has 0 bridgehead atoms. The van der Waals surface area contributed by atoms with Gasteiger partial charge in [-0.25, -0.2) is 4.79 Å². The first kappa shape index (κ1) is 22.6. The lowest BCUT2D eigenvalue weighted by molar-refractivity contribution is 0.0133. The fraction of sp³-hybridized carbons (Fsp3) is 0.320. The molecule has 1 amide bonds. The van der Waals surface area contributed by atoms with Crippen molar-refractivity contribution in [3.05, 3.63) is 72.3 Å². The first-order chi connectivity index (χ1) is 15.0. The van der Waals surface area contributed by atoms with Crippen LogP contribution in [0.5, 0.6) is 5.75 Å². The van der Waals surface area contributed by atoms with Crippen molar-refractivity contribution < 1.29 is 24.5 Å². The molecule has 1 atom stereocenters. The number of carbonyl (C=O) groups is 1. The second kappa shape index (κ2) is 10.3. The topological polar surface area (TPSA) is 88.0 Å². The molecule has 3 aromatic carbocycles. The maximum absolute atomic E-state index is 12.9. The van der Waals surface area contributed by atoms with E-state index in [4.69, 9.17) is 14.6 Å². The highest BCUT2D eigenvalue weighted by molar-refractivity contribution is 6.00. The number of hydrogen-bond donors (Lipinski definition) is 3. The summed E-state index contributed by atoms with van der Waals surface area (Å²) in [7, 11) is 0. The Labute approximate surface area is 182 Å². The van der Waals surface area contributed by atoms with Gasteiger partial charge in [-0.3, -0.25) is 5.32 Å². The van der Waals surface area contributed by atoms with E-state index in [1.807, 2.05) is 74.5 Å². The van der Waals surface area contributed by atoms with Crippen molar-refractivity contribution in [3.8, 4) is 5.75 Å². The molecule has 6 nitrogen and oxygen atoms in total. The summed E-state index contributed by atoms with van der Waals surface area (Å²) >= 11 is 0. The number of fused-ring (bicyclic) bond motifs is 1. The normalized spacial score (nSPS) is 12.4. The fourth-order valence-electron chi connectivity index (χ4n) is 3.63. The Kier molecular flexibility index (Phi) is 7.50. The average molecular weight is 424 g/mol. The minimum absolute atomic E-state index is 0.0442. The summed E-state index contributed by atoms with van der Waals surface area (Å²) in [4.78, 5) is 12.9. The first-order valence-electron chi connectivity index (χ1n) is 10.3. The van der Waals surface area contributed by atoms with E-state index in [0.717, 1.165) is 10.8 Å². The molecule has 3 N–H and O–H groups in total. The van der Waals surface area contributed by atoms with Gasteiger partial charge < -0.3 is 19.7 Å². The third-order valence-electron chi connectivity index (χ3n) is 5.27. The zero-order chi connectivity index (χ0) is 22.3. The number of aliphatic hydroxyl groups excluding tert-OH is 2. The van der Waals surface area contributed by atoms with Crippen LogP contribution in [-0.4, -0.2) is 36.1 Å². The van der Waals surface area contributed by atoms with E-state index in [9.17, 15) is 9.90 Å². The molecule has 6 heteroatoms. The van der Waals surface area contributed by atoms with Crippen LogP contribution < -0.4 is 10.1 Å². The highest BCUT2D eigenvalue weighted by Crippen LogP contribution is 2.43. The predicted molar refractivity (Wildman–Crippen MR) is 121 cm³/mol. The molecule has 0 aliphatic carbocycles. The van der Waals surface area contributed by atoms with Crippen molar-refractivity contribution in [1.82, 2.24) is 0 Å². The largest absolute Gasteiger partial charge is 0.491 e. The molecule has 0 saturated carbocycles. The number of carbonyl (C=O) groups excluding carboxylic acids is 1. The Balaban J connectivity index is 1.90. The molecule has 31 heavy (non-hydrogen) atoms. The number of hydrogen-bond acceptors (Lipinski definition) is 5. The molecular formula is C25H29NO5. The Morgan fingerprint density at radius 2 is 1.68 bits per heavy atom. The van der Waals surface area contributed by atoms with Crippen molar-refractivity contribution in [2.45, 2.75) is 26.4 Å². The maximum atomic E-state index is 12.9. The van der Waals surface area contributed by atoms with Crippen LogP contribution >= 0.6 is 0 Å². The third kappa shape index (κ3) is 5.54. The second-order valence-corrected chi connectivity index (χ2v) is 8.01. The smallest absolute Gasteiger partial charge is 0.412 e. The van der Waals surface area contributed by atoms with Crippen molar-refractivity contribution in [2.24, 2.45) is 5.41 Å². The molecule has 0 saturated heterocycles. The summed E-state index contributed by atoms with van der Waals surface area (Å²) in [5.74, 6) is 0.533. The zero-order valence-corrected chi connectivity index (χ0v) is 17.9. The summed E-state index contributed by atoms with van der Waals surface area (Å²) in [6, 6.07) is 20.7. The third-order valence-corrected chi connectivity index (χ3v) is 5.27. The van der Waals surface area contributed by atoms with Crippen LogP contribution in [0.25, 0.3) is 10.8 Å². The Morgan fingerprint density at radius 1 is 0.968 bits per heavy atom. The zero-order valence-electron chi connectivity index (χ0n) is 17.9. The van der Waals surface area contributed by atoms with Gasteiger partial charge in [0.25, 0.3) is 0 Å². The molecular weight excluding hydrogens is 394 g/mol. The van der Waals surface area contributed by atoms with Gasteiger partial charge >= 0.3 is 6.09 Å². The van der Waals surface area contributed by atoms with Crippen LogP contribution in [0.2, 0.25) is 0 Å². The van der Waals surface area contributed by atoms with Crippen LogP contribution in [0.15, 0.2) is 66.7 Å². The minimum Gasteiger partial charge on any atom is -0.491 e. The maximum Gasteiger partial charge on any atom is 0.412 e. The van der Waals surface area contributed by atoms with Crippen molar-refractivity contribution in [1.29, 1.82) is 0 Å². The monoisotopic (exact) mass is 423 g/mol. The lowest BCUT2D eigenvalue weighted by atomic mass is 9.79. The number of amides is 1. The van der Waals surface area contributed by atoms with Gasteiger partial charge in [-0.15, -0.1) is 0 Å². The van der Waals surface area contributed by atoms with Crippen LogP contribution in [-0.2, 0) is 4.74 Å². The van der Waals surface area contributed by atoms with Crippen molar-refractivity contribution in [2.75, 3.05) is 25.1 Å². The highest BCUT2D eigenvalue weighted by Gasteiger charge is 2.36. The number of rotatable bonds is 9. The summed E-state index contributed by atoms with van der Waals surface area (Å²) < 4.78 is 11.6. The minimum atomic E-state index is -0.676. The molecule has 3 aromatic rings. The second-order valence-electron chi connectivity index (χ2n) is 8.01. The van der Waals surface area contributed by atoms with Crippen LogP contribution in [0.4, 0.5) is 10.5 Å². The molecule has 0 fully saturated rings. The van der Waals surface area contributed by atoms with E-state index in [0.29, 0.717) is 23.4 Å². The number of nitrogens with one attached hydrogen (secondary N) is 1. The van der Waals surface area contributed by atoms with Gasteiger partial charge in [-0.1, -0.05) is 68.4 Å². The van der Waals surface area contributed by atoms with E-state index < -0.39 is 17.6 Å². The molecule has 0 aliphatic heterocycles. The number of para-hydroxylation sites is 1. The molecule has 0 radical (unpaired) electrons. The average Bonchev–Trinajstić information content (AvgIpc) is 2.76. The molecule has 164 valence electrons. The molecule has 0 aromatic heterocycles. The number of ether oxygens (including phenoxy) is 2. The van der Waals surface area contributed by atoms with E-state index >= 15 is 0 Å². The quantitative estimate of drug-likeness (QED) is 0.455. The summed E-state index contributed by atoms with van der Waals surface area (Å²) in [5.41, 5.74) is 0.776. The first-order valence-corrected chi connectivity index (χ1v) is 10.3.